The van der Waals surface area contributed by atoms with Crippen molar-refractivity contribution in [1.82, 2.24) is 9.21 Å². The van der Waals surface area contributed by atoms with Crippen LogP contribution in [-0.2, 0) is 24.3 Å². The number of sulfonamides is 1. The molecule has 0 aromatic heterocycles. The Balaban J connectivity index is 2.69. The molecule has 1 N–H and O–H groups in total. The predicted octanol–water partition coefficient (Wildman–Crippen LogP) is -1.42. The zero-order valence-electron chi connectivity index (χ0n) is 10.9. The summed E-state index contributed by atoms with van der Waals surface area (Å²) in [5.41, 5.74) is 0. The zero-order chi connectivity index (χ0) is 14.6. The summed E-state index contributed by atoms with van der Waals surface area (Å²) < 4.78 is 28.6. The summed E-state index contributed by atoms with van der Waals surface area (Å²) in [5, 5.41) is 8.78. The van der Waals surface area contributed by atoms with Gasteiger partial charge in [0.15, 0.2) is 0 Å². The van der Waals surface area contributed by atoms with Gasteiger partial charge in [-0.15, -0.1) is 0 Å². The lowest BCUT2D eigenvalue weighted by Crippen LogP contribution is -2.52. The number of hydrogen-bond donors (Lipinski definition) is 1. The average molecular weight is 294 g/mol. The Morgan fingerprint density at radius 3 is 2.63 bits per heavy atom. The number of carbonyl (C=O) groups excluding carboxylic acids is 1. The van der Waals surface area contributed by atoms with Crippen molar-refractivity contribution in [3.63, 3.8) is 0 Å². The van der Waals surface area contributed by atoms with Crippen LogP contribution >= 0.6 is 0 Å². The minimum Gasteiger partial charge on any atom is -0.481 e. The minimum absolute atomic E-state index is 0.153. The van der Waals surface area contributed by atoms with Crippen LogP contribution in [-0.4, -0.2) is 80.3 Å². The first-order valence-corrected chi connectivity index (χ1v) is 7.57. The maximum absolute atomic E-state index is 12.0. The number of nitrogens with zero attached hydrogens (tertiary/aromatic N) is 2. The van der Waals surface area contributed by atoms with Crippen LogP contribution in [0.15, 0.2) is 0 Å². The second-order valence-electron chi connectivity index (χ2n) is 4.43. The van der Waals surface area contributed by atoms with Gasteiger partial charge in [0.1, 0.15) is 0 Å². The van der Waals surface area contributed by atoms with Gasteiger partial charge in [-0.3, -0.25) is 9.59 Å². The summed E-state index contributed by atoms with van der Waals surface area (Å²) in [6.45, 7) is 0.453. The Morgan fingerprint density at radius 1 is 1.47 bits per heavy atom. The van der Waals surface area contributed by atoms with E-state index in [1.807, 2.05) is 0 Å². The maximum Gasteiger partial charge on any atom is 0.305 e. The number of aliphatic carboxylic acids is 1. The summed E-state index contributed by atoms with van der Waals surface area (Å²) in [4.78, 5) is 24.1. The maximum atomic E-state index is 12.0. The predicted molar refractivity (Wildman–Crippen MR) is 66.0 cm³/mol. The third-order valence-electron chi connectivity index (χ3n) is 2.88. The molecule has 9 heteroatoms. The van der Waals surface area contributed by atoms with E-state index in [-0.39, 0.29) is 26.1 Å². The van der Waals surface area contributed by atoms with Gasteiger partial charge < -0.3 is 14.7 Å². The summed E-state index contributed by atoms with van der Waals surface area (Å²) in [7, 11) is -2.13. The third kappa shape index (κ3) is 4.77. The lowest BCUT2D eigenvalue weighted by Gasteiger charge is -2.35. The fourth-order valence-electron chi connectivity index (χ4n) is 1.75. The molecule has 0 aliphatic carbocycles. The first-order valence-electron chi connectivity index (χ1n) is 5.72. The van der Waals surface area contributed by atoms with Crippen LogP contribution in [0.1, 0.15) is 6.42 Å². The van der Waals surface area contributed by atoms with Crippen molar-refractivity contribution < 1.29 is 27.9 Å². The van der Waals surface area contributed by atoms with E-state index in [1.165, 1.54) is 11.9 Å². The lowest BCUT2D eigenvalue weighted by atomic mass is 10.1. The highest BCUT2D eigenvalue weighted by atomic mass is 32.2. The highest BCUT2D eigenvalue weighted by Gasteiger charge is 2.30. The van der Waals surface area contributed by atoms with Crippen molar-refractivity contribution in [2.45, 2.75) is 12.5 Å². The Bertz CT molecular complexity index is 449. The topological polar surface area (TPSA) is 104 Å². The normalized spacial score (nSPS) is 20.6. The largest absolute Gasteiger partial charge is 0.481 e. The molecule has 1 aliphatic rings. The quantitative estimate of drug-likeness (QED) is 0.667. The van der Waals surface area contributed by atoms with Crippen molar-refractivity contribution in [2.24, 2.45) is 0 Å². The average Bonchev–Trinajstić information content (AvgIpc) is 2.27. The van der Waals surface area contributed by atoms with Crippen LogP contribution in [0, 0.1) is 0 Å². The molecule has 1 unspecified atom stereocenters. The Kier molecular flexibility index (Phi) is 5.27. The standard InChI is InChI=1S/C10H18N2O6S/c1-11(19(2,16)17)6-9(13)12-3-4-18-7-8(12)5-10(14)15/h8H,3-7H2,1-2H3,(H,14,15). The molecule has 0 aromatic carbocycles. The second kappa shape index (κ2) is 6.31. The third-order valence-corrected chi connectivity index (χ3v) is 4.14. The van der Waals surface area contributed by atoms with Crippen LogP contribution in [0.2, 0.25) is 0 Å². The van der Waals surface area contributed by atoms with Gasteiger partial charge in [-0.2, -0.15) is 4.31 Å². The van der Waals surface area contributed by atoms with Gasteiger partial charge >= 0.3 is 5.97 Å². The molecule has 1 saturated heterocycles. The fraction of sp³-hybridized carbons (Fsp3) is 0.800. The van der Waals surface area contributed by atoms with Crippen molar-refractivity contribution in [2.75, 3.05) is 39.6 Å². The Hall–Kier alpha value is -1.19. The van der Waals surface area contributed by atoms with Crippen LogP contribution in [0.4, 0.5) is 0 Å². The van der Waals surface area contributed by atoms with Crippen LogP contribution in [0.5, 0.6) is 0 Å². The number of rotatable bonds is 5. The van der Waals surface area contributed by atoms with E-state index in [0.29, 0.717) is 6.61 Å². The fourth-order valence-corrected chi connectivity index (χ4v) is 2.10. The number of likely N-dealkylation sites (N-methyl/N-ethyl adjacent to an activating group) is 1. The monoisotopic (exact) mass is 294 g/mol. The summed E-state index contributed by atoms with van der Waals surface area (Å²) in [6.07, 6.45) is 0.794. The molecule has 1 fully saturated rings. The molecule has 0 spiro atoms. The van der Waals surface area contributed by atoms with Gasteiger partial charge in [0, 0.05) is 13.6 Å². The van der Waals surface area contributed by atoms with Crippen molar-refractivity contribution in [3.8, 4) is 0 Å². The van der Waals surface area contributed by atoms with E-state index in [2.05, 4.69) is 0 Å². The molecule has 0 saturated carbocycles. The van der Waals surface area contributed by atoms with Gasteiger partial charge in [-0.05, 0) is 0 Å². The number of carbonyl (C=O) groups is 2. The van der Waals surface area contributed by atoms with E-state index in [1.54, 1.807) is 0 Å². The molecule has 1 rings (SSSR count). The number of amides is 1. The van der Waals surface area contributed by atoms with Crippen molar-refractivity contribution in [3.05, 3.63) is 0 Å². The minimum atomic E-state index is -3.44. The van der Waals surface area contributed by atoms with E-state index >= 15 is 0 Å². The van der Waals surface area contributed by atoms with E-state index in [9.17, 15) is 18.0 Å². The van der Waals surface area contributed by atoms with Gasteiger partial charge in [-0.1, -0.05) is 0 Å². The van der Waals surface area contributed by atoms with Gasteiger partial charge in [0.05, 0.1) is 38.5 Å². The molecule has 0 radical (unpaired) electrons. The van der Waals surface area contributed by atoms with Crippen molar-refractivity contribution in [1.29, 1.82) is 0 Å². The number of hydrogen-bond acceptors (Lipinski definition) is 5. The second-order valence-corrected chi connectivity index (χ2v) is 6.52. The number of carboxylic acids is 1. The first-order chi connectivity index (χ1) is 8.71. The zero-order valence-corrected chi connectivity index (χ0v) is 11.7. The number of carboxylic acid groups (broad SMARTS) is 1. The van der Waals surface area contributed by atoms with E-state index < -0.39 is 27.9 Å². The first kappa shape index (κ1) is 15.9. The molecule has 0 aromatic rings. The van der Waals surface area contributed by atoms with Crippen molar-refractivity contribution >= 4 is 21.9 Å². The van der Waals surface area contributed by atoms with Gasteiger partial charge in [0.2, 0.25) is 15.9 Å². The van der Waals surface area contributed by atoms with Crippen LogP contribution < -0.4 is 0 Å². The number of morpholine rings is 1. The highest BCUT2D eigenvalue weighted by molar-refractivity contribution is 7.88. The smallest absolute Gasteiger partial charge is 0.305 e. The van der Waals surface area contributed by atoms with E-state index in [4.69, 9.17) is 9.84 Å². The molecule has 1 atom stereocenters. The molecule has 1 heterocycles. The van der Waals surface area contributed by atoms with Crippen LogP contribution in [0.3, 0.4) is 0 Å². The lowest BCUT2D eigenvalue weighted by molar-refractivity contribution is -0.146. The Morgan fingerprint density at radius 2 is 2.11 bits per heavy atom. The Labute approximate surface area is 112 Å². The SMILES string of the molecule is CN(CC(=O)N1CCOCC1CC(=O)O)S(C)(=O)=O. The molecule has 1 amide bonds. The van der Waals surface area contributed by atoms with Gasteiger partial charge in [-0.25, -0.2) is 8.42 Å². The highest BCUT2D eigenvalue weighted by Crippen LogP contribution is 2.11. The summed E-state index contributed by atoms with van der Waals surface area (Å²) in [6, 6.07) is -0.549. The molecule has 8 nitrogen and oxygen atoms in total. The molecule has 19 heavy (non-hydrogen) atoms. The molecule has 0 bridgehead atoms. The molecule has 110 valence electrons. The molecular weight excluding hydrogens is 276 g/mol. The summed E-state index contributed by atoms with van der Waals surface area (Å²) in [5.74, 6) is -1.44. The molecule has 1 aliphatic heterocycles. The molecular formula is C10H18N2O6S. The van der Waals surface area contributed by atoms with Gasteiger partial charge in [0.25, 0.3) is 0 Å². The number of ether oxygens (including phenoxy) is 1. The van der Waals surface area contributed by atoms with E-state index in [0.717, 1.165) is 10.6 Å². The van der Waals surface area contributed by atoms with Crippen LogP contribution in [0.25, 0.3) is 0 Å². The summed E-state index contributed by atoms with van der Waals surface area (Å²) >= 11 is 0.